The summed E-state index contributed by atoms with van der Waals surface area (Å²) in [5, 5.41) is 0. The lowest BCUT2D eigenvalue weighted by atomic mass is 9.97. The topological polar surface area (TPSA) is 71.1 Å². The maximum atomic E-state index is 13.4. The predicted octanol–water partition coefficient (Wildman–Crippen LogP) is 7.12. The molecule has 40 heavy (non-hydrogen) atoms. The first-order valence-electron chi connectivity index (χ1n) is 13.5. The summed E-state index contributed by atoms with van der Waals surface area (Å²) >= 11 is 0. The second kappa shape index (κ2) is 14.5. The lowest BCUT2D eigenvalue weighted by molar-refractivity contribution is -0.142. The van der Waals surface area contributed by atoms with Gasteiger partial charge in [-0.1, -0.05) is 97.9 Å². The van der Waals surface area contributed by atoms with Gasteiger partial charge in [0.25, 0.3) is 0 Å². The number of hydrogen-bond acceptors (Lipinski definition) is 6. The monoisotopic (exact) mass is 538 g/mol. The number of hydrogen-bond donors (Lipinski definition) is 0. The fraction of sp³-hybridized carbons (Fsp3) is 0.235. The Hall–Kier alpha value is -4.58. The number of carbonyl (C=O) groups is 2. The molecule has 0 aliphatic heterocycles. The molecule has 0 fully saturated rings. The normalized spacial score (nSPS) is 10.6. The Labute approximate surface area is 235 Å². The number of benzene rings is 4. The third kappa shape index (κ3) is 7.73. The molecule has 0 atom stereocenters. The first-order valence-corrected chi connectivity index (χ1v) is 13.5. The summed E-state index contributed by atoms with van der Waals surface area (Å²) in [4.78, 5) is 26.0. The summed E-state index contributed by atoms with van der Waals surface area (Å²) in [6, 6.07) is 30.9. The van der Waals surface area contributed by atoms with Gasteiger partial charge in [0, 0.05) is 6.42 Å². The van der Waals surface area contributed by atoms with E-state index in [9.17, 15) is 9.59 Å². The molecular formula is C34H34O6. The highest BCUT2D eigenvalue weighted by molar-refractivity contribution is 6.02. The molecule has 0 radical (unpaired) electrons. The molecule has 4 aromatic carbocycles. The van der Waals surface area contributed by atoms with E-state index < -0.39 is 5.97 Å². The quantitative estimate of drug-likeness (QED) is 0.126. The third-order valence-electron chi connectivity index (χ3n) is 6.21. The maximum absolute atomic E-state index is 13.4. The van der Waals surface area contributed by atoms with Crippen LogP contribution in [0.25, 0.3) is 0 Å². The maximum Gasteiger partial charge on any atom is 0.310 e. The van der Waals surface area contributed by atoms with E-state index in [2.05, 4.69) is 0 Å². The van der Waals surface area contributed by atoms with E-state index in [1.165, 1.54) is 0 Å². The Morgan fingerprint density at radius 2 is 1.10 bits per heavy atom. The van der Waals surface area contributed by atoms with Gasteiger partial charge in [-0.05, 0) is 35.2 Å². The van der Waals surface area contributed by atoms with Gasteiger partial charge in [0.05, 0.1) is 18.6 Å². The summed E-state index contributed by atoms with van der Waals surface area (Å²) < 4.78 is 24.2. The molecule has 0 N–H and O–H groups in total. The van der Waals surface area contributed by atoms with E-state index >= 15 is 0 Å². The number of esters is 1. The largest absolute Gasteiger partial charge is 0.485 e. The van der Waals surface area contributed by atoms with Crippen LogP contribution in [-0.2, 0) is 35.8 Å². The molecule has 0 aliphatic carbocycles. The van der Waals surface area contributed by atoms with E-state index in [1.807, 2.05) is 91.0 Å². The van der Waals surface area contributed by atoms with Gasteiger partial charge in [-0.15, -0.1) is 0 Å². The van der Waals surface area contributed by atoms with Gasteiger partial charge in [-0.3, -0.25) is 9.59 Å². The lowest BCUT2D eigenvalue weighted by Gasteiger charge is -2.22. The number of Topliss-reactive ketones (excluding diaryl/α,β-unsaturated/α-hetero) is 1. The predicted molar refractivity (Wildman–Crippen MR) is 154 cm³/mol. The molecule has 4 rings (SSSR count). The summed E-state index contributed by atoms with van der Waals surface area (Å²) in [7, 11) is 0. The first kappa shape index (κ1) is 28.4. The van der Waals surface area contributed by atoms with E-state index in [4.69, 9.17) is 18.9 Å². The fourth-order valence-corrected chi connectivity index (χ4v) is 4.23. The van der Waals surface area contributed by atoms with Crippen molar-refractivity contribution in [3.63, 3.8) is 0 Å². The van der Waals surface area contributed by atoms with Crippen molar-refractivity contribution in [2.24, 2.45) is 0 Å². The van der Waals surface area contributed by atoms with E-state index in [0.29, 0.717) is 22.6 Å². The zero-order chi connectivity index (χ0) is 28.2. The van der Waals surface area contributed by atoms with E-state index in [0.717, 1.165) is 16.7 Å². The first-order chi connectivity index (χ1) is 19.6. The minimum atomic E-state index is -0.436. The smallest absolute Gasteiger partial charge is 0.310 e. The van der Waals surface area contributed by atoms with Crippen LogP contribution in [0.3, 0.4) is 0 Å². The highest BCUT2D eigenvalue weighted by atomic mass is 16.5. The summed E-state index contributed by atoms with van der Waals surface area (Å²) in [6.45, 7) is 4.47. The minimum absolute atomic E-state index is 0.0999. The molecule has 0 saturated carbocycles. The molecule has 0 aromatic heterocycles. The van der Waals surface area contributed by atoms with Crippen molar-refractivity contribution in [3.05, 3.63) is 125 Å². The molecule has 0 bridgehead atoms. The Kier molecular flexibility index (Phi) is 10.3. The number of carbonyl (C=O) groups excluding carboxylic acids is 2. The van der Waals surface area contributed by atoms with Gasteiger partial charge in [-0.2, -0.15) is 0 Å². The molecule has 0 unspecified atom stereocenters. The summed E-state index contributed by atoms with van der Waals surface area (Å²) in [5.41, 5.74) is 3.62. The fourth-order valence-electron chi connectivity index (χ4n) is 4.23. The second-order valence-electron chi connectivity index (χ2n) is 9.15. The average Bonchev–Trinajstić information content (AvgIpc) is 2.99. The van der Waals surface area contributed by atoms with Gasteiger partial charge < -0.3 is 18.9 Å². The van der Waals surface area contributed by atoms with Crippen LogP contribution in [0, 0.1) is 0 Å². The van der Waals surface area contributed by atoms with Crippen molar-refractivity contribution in [1.29, 1.82) is 0 Å². The van der Waals surface area contributed by atoms with Gasteiger partial charge in [0.1, 0.15) is 19.8 Å². The van der Waals surface area contributed by atoms with Gasteiger partial charge >= 0.3 is 5.97 Å². The van der Waals surface area contributed by atoms with Gasteiger partial charge in [0.2, 0.25) is 5.75 Å². The summed E-state index contributed by atoms with van der Waals surface area (Å²) in [5.74, 6) is 0.363. The Morgan fingerprint density at radius 3 is 1.57 bits per heavy atom. The van der Waals surface area contributed by atoms with Crippen LogP contribution in [0.15, 0.2) is 97.1 Å². The average molecular weight is 539 g/mol. The van der Waals surface area contributed by atoms with Crippen LogP contribution < -0.4 is 14.2 Å². The van der Waals surface area contributed by atoms with Crippen molar-refractivity contribution in [2.45, 2.75) is 46.5 Å². The van der Waals surface area contributed by atoms with Gasteiger partial charge in [0.15, 0.2) is 17.3 Å². The molecule has 0 aliphatic rings. The molecule has 6 nitrogen and oxygen atoms in total. The highest BCUT2D eigenvalue weighted by Gasteiger charge is 2.27. The molecule has 0 amide bonds. The van der Waals surface area contributed by atoms with Crippen LogP contribution in [0.5, 0.6) is 17.2 Å². The standard InChI is InChI=1S/C34H34O6/c1-3-29(35)32-28(21-31(36)37-4-2)20-30(38-22-25-14-8-5-9-15-25)33(39-23-26-16-10-6-11-17-26)34(32)40-24-27-18-12-7-13-19-27/h5-20H,3-4,21-24H2,1-2H3. The van der Waals surface area contributed by atoms with Gasteiger partial charge in [-0.25, -0.2) is 0 Å². The number of ketones is 1. The van der Waals surface area contributed by atoms with Crippen molar-refractivity contribution < 1.29 is 28.5 Å². The zero-order valence-corrected chi connectivity index (χ0v) is 22.9. The van der Waals surface area contributed by atoms with Crippen molar-refractivity contribution in [2.75, 3.05) is 6.61 Å². The molecule has 0 spiro atoms. The lowest BCUT2D eigenvalue weighted by Crippen LogP contribution is -2.15. The zero-order valence-electron chi connectivity index (χ0n) is 22.9. The van der Waals surface area contributed by atoms with Crippen molar-refractivity contribution >= 4 is 11.8 Å². The Bertz CT molecular complexity index is 1380. The summed E-state index contributed by atoms with van der Waals surface area (Å²) in [6.07, 6.45) is 0.122. The van der Waals surface area contributed by atoms with Crippen LogP contribution in [-0.4, -0.2) is 18.4 Å². The third-order valence-corrected chi connectivity index (χ3v) is 6.21. The van der Waals surface area contributed by atoms with Crippen LogP contribution in [0.2, 0.25) is 0 Å². The number of ether oxygens (including phenoxy) is 4. The molecule has 6 heteroatoms. The van der Waals surface area contributed by atoms with Crippen LogP contribution in [0.4, 0.5) is 0 Å². The molecule has 206 valence electrons. The van der Waals surface area contributed by atoms with E-state index in [-0.39, 0.29) is 50.8 Å². The molecular weight excluding hydrogens is 504 g/mol. The number of rotatable bonds is 14. The van der Waals surface area contributed by atoms with Crippen LogP contribution >= 0.6 is 0 Å². The highest BCUT2D eigenvalue weighted by Crippen LogP contribution is 2.44. The minimum Gasteiger partial charge on any atom is -0.485 e. The second-order valence-corrected chi connectivity index (χ2v) is 9.15. The molecule has 0 heterocycles. The van der Waals surface area contributed by atoms with E-state index in [1.54, 1.807) is 19.9 Å². The van der Waals surface area contributed by atoms with Crippen molar-refractivity contribution in [3.8, 4) is 17.2 Å². The van der Waals surface area contributed by atoms with Crippen LogP contribution in [0.1, 0.15) is 52.9 Å². The SMILES string of the molecule is CCOC(=O)Cc1cc(OCc2ccccc2)c(OCc2ccccc2)c(OCc2ccccc2)c1C(=O)CC. The molecule has 0 saturated heterocycles. The Balaban J connectivity index is 1.82. The van der Waals surface area contributed by atoms with Crippen molar-refractivity contribution in [1.82, 2.24) is 0 Å². The molecule has 4 aromatic rings. The Morgan fingerprint density at radius 1 is 0.625 bits per heavy atom.